The minimum Gasteiger partial charge on any atom is -0.480 e. The Kier molecular flexibility index (Phi) is 13.1. The maximum absolute atomic E-state index is 13.9. The highest BCUT2D eigenvalue weighted by Gasteiger charge is 2.31. The number of aromatic nitrogens is 3. The van der Waals surface area contributed by atoms with Gasteiger partial charge in [-0.2, -0.15) is 0 Å². The van der Waals surface area contributed by atoms with E-state index in [1.54, 1.807) is 74.8 Å². The van der Waals surface area contributed by atoms with Crippen molar-refractivity contribution in [3.05, 3.63) is 77.6 Å². The van der Waals surface area contributed by atoms with E-state index in [0.29, 0.717) is 28.9 Å². The van der Waals surface area contributed by atoms with Crippen LogP contribution in [-0.4, -0.2) is 92.9 Å². The molecule has 4 bridgehead atoms. The van der Waals surface area contributed by atoms with Crippen molar-refractivity contribution >= 4 is 41.2 Å². The number of likely N-dealkylation sites (N-methyl/N-ethyl adjacent to an activating group) is 1. The molecule has 2 aliphatic heterocycles. The Morgan fingerprint density at radius 2 is 1.66 bits per heavy atom. The van der Waals surface area contributed by atoms with Crippen LogP contribution in [0.1, 0.15) is 43.5 Å². The van der Waals surface area contributed by atoms with E-state index in [4.69, 9.17) is 0 Å². The summed E-state index contributed by atoms with van der Waals surface area (Å²) in [6.07, 6.45) is 2.03. The van der Waals surface area contributed by atoms with Gasteiger partial charge in [0.1, 0.15) is 24.2 Å². The molecule has 2 aromatic carbocycles. The summed E-state index contributed by atoms with van der Waals surface area (Å²) in [6.45, 7) is 3.23. The van der Waals surface area contributed by atoms with E-state index >= 15 is 0 Å². The third-order valence-electron chi connectivity index (χ3n) is 8.26. The fourth-order valence-corrected chi connectivity index (χ4v) is 5.15. The average molecular weight is 690 g/mol. The van der Waals surface area contributed by atoms with Crippen LogP contribution in [0.5, 0.6) is 0 Å². The van der Waals surface area contributed by atoms with E-state index in [-0.39, 0.29) is 38.1 Å². The zero-order chi connectivity index (χ0) is 36.2. The van der Waals surface area contributed by atoms with Crippen LogP contribution >= 0.6 is 0 Å². The summed E-state index contributed by atoms with van der Waals surface area (Å²) in [5.74, 6) is -4.04. The largest absolute Gasteiger partial charge is 0.480 e. The van der Waals surface area contributed by atoms with Crippen molar-refractivity contribution in [3.8, 4) is 0 Å². The number of nitrogens with one attached hydrogen (secondary N) is 6. The Labute approximate surface area is 289 Å². The molecule has 266 valence electrons. The van der Waals surface area contributed by atoms with E-state index in [9.17, 15) is 33.9 Å². The molecule has 3 heterocycles. The Bertz CT molecular complexity index is 1660. The smallest absolute Gasteiger partial charge is 0.326 e. The second kappa shape index (κ2) is 17.7. The number of hydrogen-bond acceptors (Lipinski definition) is 9. The predicted molar refractivity (Wildman–Crippen MR) is 181 cm³/mol. The Morgan fingerprint density at radius 1 is 0.940 bits per heavy atom. The molecule has 5 rings (SSSR count). The van der Waals surface area contributed by atoms with Crippen LogP contribution in [0.25, 0.3) is 0 Å². The molecule has 0 spiro atoms. The number of fused-ring (bicyclic) bond motifs is 14. The lowest BCUT2D eigenvalue weighted by atomic mass is 10.0. The van der Waals surface area contributed by atoms with Gasteiger partial charge in [0.15, 0.2) is 0 Å². The molecule has 5 amide bonds. The molecule has 0 fully saturated rings. The van der Waals surface area contributed by atoms with Crippen molar-refractivity contribution < 1.29 is 33.9 Å². The van der Waals surface area contributed by atoms with Crippen molar-refractivity contribution in [3.63, 3.8) is 0 Å². The molecule has 7 N–H and O–H groups in total. The van der Waals surface area contributed by atoms with Crippen LogP contribution in [0.4, 0.5) is 5.69 Å². The summed E-state index contributed by atoms with van der Waals surface area (Å²) in [6, 6.07) is 10.2. The number of carboxylic acids is 1. The Hall–Kier alpha value is -5.64. The summed E-state index contributed by atoms with van der Waals surface area (Å²) in [5, 5.41) is 34.4. The number of hydrogen-bond donors (Lipinski definition) is 7. The average Bonchev–Trinajstić information content (AvgIpc) is 3.56. The van der Waals surface area contributed by atoms with E-state index in [0.717, 1.165) is 0 Å². The maximum atomic E-state index is 13.9. The van der Waals surface area contributed by atoms with Crippen LogP contribution in [0.15, 0.2) is 60.8 Å². The van der Waals surface area contributed by atoms with Gasteiger partial charge in [-0.05, 0) is 50.6 Å². The summed E-state index contributed by atoms with van der Waals surface area (Å²) >= 11 is 0. The lowest BCUT2D eigenvalue weighted by Gasteiger charge is -2.26. The van der Waals surface area contributed by atoms with Gasteiger partial charge in [0.05, 0.1) is 11.7 Å². The predicted octanol–water partition coefficient (Wildman–Crippen LogP) is -0.310. The molecule has 5 atom stereocenters. The first-order valence-electron chi connectivity index (χ1n) is 16.3. The molecule has 16 heteroatoms. The van der Waals surface area contributed by atoms with Crippen LogP contribution in [0.3, 0.4) is 0 Å². The lowest BCUT2D eigenvalue weighted by Crippen LogP contribution is -2.58. The minimum atomic E-state index is -1.34. The molecular formula is C34H43N9O7. The molecule has 1 aromatic heterocycles. The molecule has 0 radical (unpaired) electrons. The van der Waals surface area contributed by atoms with Crippen molar-refractivity contribution in [2.75, 3.05) is 12.4 Å². The highest BCUT2D eigenvalue weighted by atomic mass is 16.4. The van der Waals surface area contributed by atoms with Gasteiger partial charge < -0.3 is 37.0 Å². The van der Waals surface area contributed by atoms with Crippen molar-refractivity contribution in [2.24, 2.45) is 0 Å². The van der Waals surface area contributed by atoms with Gasteiger partial charge in [-0.25, -0.2) is 4.79 Å². The third-order valence-corrected chi connectivity index (χ3v) is 8.26. The summed E-state index contributed by atoms with van der Waals surface area (Å²) < 4.78 is 1.48. The van der Waals surface area contributed by atoms with Crippen LogP contribution in [0, 0.1) is 0 Å². The standard InChI is InChI=1S/C34H43N9O7/c1-20(35-3)30(45)36-21(2)31(46)38-26-15-16-43-19-25(41-42-43)13-14-29(44)37-24-11-9-23(10-12-24)18-28(34(49)50)40-33(48)27(39-32(26)47)17-22-7-5-4-6-8-22/h4-12,19-21,26-28,35H,13-18H2,1-3H3,(H,36,45)(H,37,44)(H,38,46)(H,39,47)(H,40,48)(H,49,50)/t20-,21-,26-,27-,28?/m0/s1. The zero-order valence-electron chi connectivity index (χ0n) is 28.1. The fourth-order valence-electron chi connectivity index (χ4n) is 5.15. The number of rotatable bonds is 8. The highest BCUT2D eigenvalue weighted by molar-refractivity contribution is 5.95. The molecule has 2 aliphatic rings. The number of carboxylic acid groups (broad SMARTS) is 1. The SMILES string of the molecule is CN[C@@H](C)C(=O)N[C@@H](C)C(=O)N[C@H]1CCn2cc(nn2)CCC(=O)Nc2ccc(cc2)CC(C(=O)O)NC(=O)[C@H](Cc2ccccc2)NC1=O. The van der Waals surface area contributed by atoms with Gasteiger partial charge in [0, 0.05) is 44.1 Å². The lowest BCUT2D eigenvalue weighted by molar-refractivity contribution is -0.142. The van der Waals surface area contributed by atoms with Gasteiger partial charge >= 0.3 is 5.97 Å². The molecule has 3 aromatic rings. The topological polar surface area (TPSA) is 226 Å². The number of aliphatic carboxylic acids is 1. The summed E-state index contributed by atoms with van der Waals surface area (Å²) in [5.41, 5.74) is 2.36. The van der Waals surface area contributed by atoms with Gasteiger partial charge in [0.2, 0.25) is 29.5 Å². The Morgan fingerprint density at radius 3 is 2.34 bits per heavy atom. The molecule has 16 nitrogen and oxygen atoms in total. The highest BCUT2D eigenvalue weighted by Crippen LogP contribution is 2.14. The number of nitrogens with zero attached hydrogens (tertiary/aromatic N) is 3. The number of aryl methyl sites for hydroxylation is 2. The molecule has 0 aliphatic carbocycles. The second-order valence-corrected chi connectivity index (χ2v) is 12.2. The zero-order valence-corrected chi connectivity index (χ0v) is 28.1. The number of carbonyl (C=O) groups is 6. The van der Waals surface area contributed by atoms with Gasteiger partial charge in [-0.3, -0.25) is 28.7 Å². The van der Waals surface area contributed by atoms with Gasteiger partial charge in [-0.1, -0.05) is 47.7 Å². The molecule has 50 heavy (non-hydrogen) atoms. The number of benzene rings is 2. The van der Waals surface area contributed by atoms with Crippen molar-refractivity contribution in [1.29, 1.82) is 0 Å². The number of carbonyl (C=O) groups excluding carboxylic acids is 5. The maximum Gasteiger partial charge on any atom is 0.326 e. The number of anilines is 1. The summed E-state index contributed by atoms with van der Waals surface area (Å²) in [7, 11) is 1.60. The molecule has 0 saturated carbocycles. The number of amides is 5. The van der Waals surface area contributed by atoms with Gasteiger partial charge in [0.25, 0.3) is 0 Å². The van der Waals surface area contributed by atoms with E-state index in [1.807, 2.05) is 0 Å². The quantitative estimate of drug-likeness (QED) is 0.163. The van der Waals surface area contributed by atoms with Gasteiger partial charge in [-0.15, -0.1) is 5.10 Å². The first-order valence-corrected chi connectivity index (χ1v) is 16.3. The molecule has 1 unspecified atom stereocenters. The van der Waals surface area contributed by atoms with Crippen LogP contribution in [-0.2, 0) is 54.6 Å². The van der Waals surface area contributed by atoms with E-state index in [2.05, 4.69) is 42.2 Å². The fraction of sp³-hybridized carbons (Fsp3) is 0.412. The second-order valence-electron chi connectivity index (χ2n) is 12.2. The van der Waals surface area contributed by atoms with E-state index < -0.39 is 59.8 Å². The van der Waals surface area contributed by atoms with Crippen molar-refractivity contribution in [2.45, 2.75) is 82.7 Å². The summed E-state index contributed by atoms with van der Waals surface area (Å²) in [4.78, 5) is 78.1. The Balaban J connectivity index is 1.64. The monoisotopic (exact) mass is 689 g/mol. The first-order chi connectivity index (χ1) is 23.9. The van der Waals surface area contributed by atoms with Crippen molar-refractivity contribution in [1.82, 2.24) is 41.6 Å². The normalized spacial score (nSPS) is 20.2. The minimum absolute atomic E-state index is 0.0137. The molecule has 0 saturated heterocycles. The van der Waals surface area contributed by atoms with E-state index in [1.165, 1.54) is 11.6 Å². The first kappa shape index (κ1) is 37.2. The third kappa shape index (κ3) is 10.9. The molecular weight excluding hydrogens is 646 g/mol. The van der Waals surface area contributed by atoms with Crippen LogP contribution < -0.4 is 31.9 Å². The van der Waals surface area contributed by atoms with Crippen LogP contribution in [0.2, 0.25) is 0 Å².